The summed E-state index contributed by atoms with van der Waals surface area (Å²) < 4.78 is 5.32. The van der Waals surface area contributed by atoms with Crippen LogP contribution in [0.1, 0.15) is 6.92 Å². The summed E-state index contributed by atoms with van der Waals surface area (Å²) in [5.41, 5.74) is 13.5. The molecule has 2 aromatic rings. The molecule has 0 aliphatic rings. The molecule has 17 heavy (non-hydrogen) atoms. The van der Waals surface area contributed by atoms with Gasteiger partial charge in [0.1, 0.15) is 11.4 Å². The normalized spacial score (nSPS) is 10.2. The number of rotatable bonds is 3. The summed E-state index contributed by atoms with van der Waals surface area (Å²) in [4.78, 5) is 8.12. The van der Waals surface area contributed by atoms with Crippen LogP contribution in [0.15, 0.2) is 30.3 Å². The van der Waals surface area contributed by atoms with Crippen LogP contribution >= 0.6 is 0 Å². The lowest BCUT2D eigenvalue weighted by atomic mass is 10.1. The minimum absolute atomic E-state index is 0.154. The zero-order chi connectivity index (χ0) is 12.3. The van der Waals surface area contributed by atoms with Crippen molar-refractivity contribution in [3.8, 4) is 17.1 Å². The van der Waals surface area contributed by atoms with Gasteiger partial charge in [0, 0.05) is 5.56 Å². The Bertz CT molecular complexity index is 513. The van der Waals surface area contributed by atoms with Crippen molar-refractivity contribution in [2.45, 2.75) is 6.92 Å². The van der Waals surface area contributed by atoms with E-state index >= 15 is 0 Å². The lowest BCUT2D eigenvalue weighted by molar-refractivity contribution is 0.329. The molecule has 4 N–H and O–H groups in total. The Morgan fingerprint density at radius 2 is 1.82 bits per heavy atom. The Labute approximate surface area is 99.5 Å². The molecule has 0 fully saturated rings. The van der Waals surface area contributed by atoms with Gasteiger partial charge in [0.05, 0.1) is 6.61 Å². The average Bonchev–Trinajstić information content (AvgIpc) is 2.35. The second-order valence-electron chi connectivity index (χ2n) is 3.45. The van der Waals surface area contributed by atoms with Gasteiger partial charge in [-0.3, -0.25) is 0 Å². The molecule has 0 unspecified atom stereocenters. The van der Waals surface area contributed by atoms with Gasteiger partial charge in [-0.2, -0.15) is 4.98 Å². The smallest absolute Gasteiger partial charge is 0.242 e. The number of anilines is 2. The van der Waals surface area contributed by atoms with E-state index < -0.39 is 0 Å². The van der Waals surface area contributed by atoms with Crippen molar-refractivity contribution in [2.75, 3.05) is 18.1 Å². The molecule has 0 amide bonds. The zero-order valence-electron chi connectivity index (χ0n) is 9.55. The van der Waals surface area contributed by atoms with Crippen LogP contribution in [0.4, 0.5) is 11.6 Å². The number of ether oxygens (including phenoxy) is 1. The van der Waals surface area contributed by atoms with E-state index in [1.54, 1.807) is 0 Å². The summed E-state index contributed by atoms with van der Waals surface area (Å²) in [5.74, 6) is 0.486. The van der Waals surface area contributed by atoms with Crippen molar-refractivity contribution >= 4 is 11.6 Å². The van der Waals surface area contributed by atoms with E-state index in [2.05, 4.69) is 9.97 Å². The Morgan fingerprint density at radius 1 is 1.12 bits per heavy atom. The van der Waals surface area contributed by atoms with Crippen LogP contribution < -0.4 is 16.2 Å². The maximum absolute atomic E-state index is 5.96. The van der Waals surface area contributed by atoms with Gasteiger partial charge in [-0.25, -0.2) is 4.98 Å². The molecule has 1 aromatic heterocycles. The van der Waals surface area contributed by atoms with Crippen molar-refractivity contribution in [2.24, 2.45) is 0 Å². The largest absolute Gasteiger partial charge is 0.476 e. The van der Waals surface area contributed by atoms with Crippen molar-refractivity contribution in [1.29, 1.82) is 0 Å². The fourth-order valence-electron chi connectivity index (χ4n) is 1.53. The molecule has 0 atom stereocenters. The first-order chi connectivity index (χ1) is 8.22. The molecule has 1 aromatic carbocycles. The van der Waals surface area contributed by atoms with Crippen LogP contribution in [0, 0.1) is 0 Å². The Morgan fingerprint density at radius 3 is 2.47 bits per heavy atom. The molecule has 2 rings (SSSR count). The van der Waals surface area contributed by atoms with E-state index in [0.29, 0.717) is 23.9 Å². The predicted molar refractivity (Wildman–Crippen MR) is 67.5 cm³/mol. The first-order valence-electron chi connectivity index (χ1n) is 5.33. The molecular weight excluding hydrogens is 216 g/mol. The van der Waals surface area contributed by atoms with Gasteiger partial charge in [-0.15, -0.1) is 0 Å². The number of nitrogen functional groups attached to an aromatic ring is 2. The van der Waals surface area contributed by atoms with Crippen molar-refractivity contribution in [3.05, 3.63) is 30.3 Å². The summed E-state index contributed by atoms with van der Waals surface area (Å²) in [6, 6.07) is 9.57. The van der Waals surface area contributed by atoms with Gasteiger partial charge in [-0.05, 0) is 6.92 Å². The lowest BCUT2D eigenvalue weighted by Gasteiger charge is -2.10. The van der Waals surface area contributed by atoms with Crippen molar-refractivity contribution in [3.63, 3.8) is 0 Å². The molecule has 0 saturated heterocycles. The first-order valence-corrected chi connectivity index (χ1v) is 5.33. The standard InChI is InChI=1S/C12H14N4O/c1-2-17-11-9(13)10(15-12(14)16-11)8-6-4-3-5-7-8/h3-7H,2,13H2,1H3,(H2,14,15,16). The molecule has 5 heteroatoms. The average molecular weight is 230 g/mol. The summed E-state index contributed by atoms with van der Waals surface area (Å²) >= 11 is 0. The van der Waals surface area contributed by atoms with E-state index in [-0.39, 0.29) is 5.95 Å². The van der Waals surface area contributed by atoms with Crippen LogP contribution in [-0.4, -0.2) is 16.6 Å². The summed E-state index contributed by atoms with van der Waals surface area (Å²) in [5, 5.41) is 0. The Kier molecular flexibility index (Phi) is 3.09. The van der Waals surface area contributed by atoms with E-state index in [9.17, 15) is 0 Å². The molecule has 88 valence electrons. The molecule has 0 aliphatic heterocycles. The van der Waals surface area contributed by atoms with Gasteiger partial charge in [0.2, 0.25) is 11.8 Å². The molecular formula is C12H14N4O. The number of nitrogens with two attached hydrogens (primary N) is 2. The summed E-state index contributed by atoms with van der Waals surface area (Å²) in [7, 11) is 0. The highest BCUT2D eigenvalue weighted by atomic mass is 16.5. The van der Waals surface area contributed by atoms with Gasteiger partial charge in [-0.1, -0.05) is 30.3 Å². The Hall–Kier alpha value is -2.30. The second-order valence-corrected chi connectivity index (χ2v) is 3.45. The fraction of sp³-hybridized carbons (Fsp3) is 0.167. The Balaban J connectivity index is 2.54. The predicted octanol–water partition coefficient (Wildman–Crippen LogP) is 1.71. The number of aromatic nitrogens is 2. The summed E-state index contributed by atoms with van der Waals surface area (Å²) in [6.07, 6.45) is 0. The van der Waals surface area contributed by atoms with Crippen LogP contribution in [-0.2, 0) is 0 Å². The minimum Gasteiger partial charge on any atom is -0.476 e. The maximum atomic E-state index is 5.96. The van der Waals surface area contributed by atoms with Crippen LogP contribution in [0.5, 0.6) is 5.88 Å². The highest BCUT2D eigenvalue weighted by molar-refractivity contribution is 5.76. The molecule has 0 bridgehead atoms. The monoisotopic (exact) mass is 230 g/mol. The number of hydrogen-bond acceptors (Lipinski definition) is 5. The van der Waals surface area contributed by atoms with E-state index in [1.807, 2.05) is 37.3 Å². The lowest BCUT2D eigenvalue weighted by Crippen LogP contribution is -2.06. The maximum Gasteiger partial charge on any atom is 0.242 e. The van der Waals surface area contributed by atoms with Crippen LogP contribution in [0.2, 0.25) is 0 Å². The number of hydrogen-bond donors (Lipinski definition) is 2. The van der Waals surface area contributed by atoms with Gasteiger partial charge in [0.15, 0.2) is 0 Å². The SMILES string of the molecule is CCOc1nc(N)nc(-c2ccccc2)c1N. The van der Waals surface area contributed by atoms with Gasteiger partial charge >= 0.3 is 0 Å². The molecule has 0 saturated carbocycles. The summed E-state index contributed by atoms with van der Waals surface area (Å²) in [6.45, 7) is 2.34. The van der Waals surface area contributed by atoms with Crippen LogP contribution in [0.25, 0.3) is 11.3 Å². The topological polar surface area (TPSA) is 87.0 Å². The third kappa shape index (κ3) is 2.28. The molecule has 1 heterocycles. The number of nitrogens with zero attached hydrogens (tertiary/aromatic N) is 2. The number of benzene rings is 1. The quantitative estimate of drug-likeness (QED) is 0.838. The van der Waals surface area contributed by atoms with E-state index in [0.717, 1.165) is 5.56 Å². The van der Waals surface area contributed by atoms with Crippen LogP contribution in [0.3, 0.4) is 0 Å². The highest BCUT2D eigenvalue weighted by Crippen LogP contribution is 2.30. The third-order valence-electron chi connectivity index (χ3n) is 2.26. The fourth-order valence-corrected chi connectivity index (χ4v) is 1.53. The van der Waals surface area contributed by atoms with Crippen molar-refractivity contribution in [1.82, 2.24) is 9.97 Å². The third-order valence-corrected chi connectivity index (χ3v) is 2.26. The van der Waals surface area contributed by atoms with Gasteiger partial charge < -0.3 is 16.2 Å². The first kappa shape index (κ1) is 11.2. The molecule has 0 radical (unpaired) electrons. The molecule has 0 aliphatic carbocycles. The van der Waals surface area contributed by atoms with Crippen molar-refractivity contribution < 1.29 is 4.74 Å². The molecule has 5 nitrogen and oxygen atoms in total. The van der Waals surface area contributed by atoms with Gasteiger partial charge in [0.25, 0.3) is 0 Å². The zero-order valence-corrected chi connectivity index (χ0v) is 9.55. The molecule has 0 spiro atoms. The highest BCUT2D eigenvalue weighted by Gasteiger charge is 2.12. The second kappa shape index (κ2) is 4.69. The van der Waals surface area contributed by atoms with E-state index in [4.69, 9.17) is 16.2 Å². The van der Waals surface area contributed by atoms with E-state index in [1.165, 1.54) is 0 Å². The minimum atomic E-state index is 0.154.